The lowest BCUT2D eigenvalue weighted by molar-refractivity contribution is 0.102. The molecule has 1 amide bonds. The van der Waals surface area contributed by atoms with E-state index in [9.17, 15) is 13.6 Å². The molecule has 0 aliphatic heterocycles. The topological polar surface area (TPSA) is 54.0 Å². The number of hydrogen-bond donors (Lipinski definition) is 2. The van der Waals surface area contributed by atoms with Crippen LogP contribution in [0.3, 0.4) is 0 Å². The van der Waals surface area contributed by atoms with Crippen LogP contribution in [0.15, 0.2) is 34.9 Å². The summed E-state index contributed by atoms with van der Waals surface area (Å²) in [7, 11) is 1.57. The Bertz CT molecular complexity index is 664. The standard InChI is InChI=1S/C13H10BrF2N3O/c1-17-12-9(4-7(15)6-18-12)13(20)19-8-2-3-10(14)11(16)5-8/h2-6H,1H3,(H,17,18)(H,19,20). The maximum Gasteiger partial charge on any atom is 0.259 e. The highest BCUT2D eigenvalue weighted by Crippen LogP contribution is 2.21. The number of pyridine rings is 1. The van der Waals surface area contributed by atoms with E-state index >= 15 is 0 Å². The number of benzene rings is 1. The van der Waals surface area contributed by atoms with E-state index in [1.54, 1.807) is 7.05 Å². The largest absolute Gasteiger partial charge is 0.372 e. The Balaban J connectivity index is 2.27. The third-order valence-electron chi connectivity index (χ3n) is 2.51. The lowest BCUT2D eigenvalue weighted by Crippen LogP contribution is -2.15. The number of carbonyl (C=O) groups excluding carboxylic acids is 1. The number of aromatic nitrogens is 1. The number of nitrogens with zero attached hydrogens (tertiary/aromatic N) is 1. The molecule has 2 rings (SSSR count). The summed E-state index contributed by atoms with van der Waals surface area (Å²) in [5.41, 5.74) is 0.304. The fraction of sp³-hybridized carbons (Fsp3) is 0.0769. The zero-order chi connectivity index (χ0) is 14.7. The molecule has 1 aromatic carbocycles. The second kappa shape index (κ2) is 5.96. The quantitative estimate of drug-likeness (QED) is 0.899. The summed E-state index contributed by atoms with van der Waals surface area (Å²) >= 11 is 3.02. The number of amides is 1. The van der Waals surface area contributed by atoms with Crippen molar-refractivity contribution in [3.63, 3.8) is 0 Å². The number of hydrogen-bond acceptors (Lipinski definition) is 3. The Morgan fingerprint density at radius 2 is 2.05 bits per heavy atom. The van der Waals surface area contributed by atoms with Crippen molar-refractivity contribution in [2.24, 2.45) is 0 Å². The average molecular weight is 342 g/mol. The summed E-state index contributed by atoms with van der Waals surface area (Å²) in [4.78, 5) is 15.8. The molecule has 0 aliphatic carbocycles. The molecule has 0 atom stereocenters. The molecule has 104 valence electrons. The summed E-state index contributed by atoms with van der Waals surface area (Å²) in [6, 6.07) is 5.21. The van der Waals surface area contributed by atoms with Crippen LogP contribution in [0.2, 0.25) is 0 Å². The highest BCUT2D eigenvalue weighted by atomic mass is 79.9. The molecule has 0 saturated heterocycles. The van der Waals surface area contributed by atoms with Gasteiger partial charge in [0, 0.05) is 12.7 Å². The number of nitrogens with one attached hydrogen (secondary N) is 2. The Morgan fingerprint density at radius 3 is 2.70 bits per heavy atom. The molecule has 0 saturated carbocycles. The third kappa shape index (κ3) is 3.11. The van der Waals surface area contributed by atoms with E-state index in [1.165, 1.54) is 12.1 Å². The minimum atomic E-state index is -0.629. The molecule has 0 fully saturated rings. The van der Waals surface area contributed by atoms with Crippen molar-refractivity contribution in [1.82, 2.24) is 4.98 Å². The van der Waals surface area contributed by atoms with Crippen LogP contribution in [0, 0.1) is 11.6 Å². The number of rotatable bonds is 3. The summed E-state index contributed by atoms with van der Waals surface area (Å²) < 4.78 is 26.8. The Kier molecular flexibility index (Phi) is 4.29. The zero-order valence-electron chi connectivity index (χ0n) is 10.4. The van der Waals surface area contributed by atoms with E-state index in [0.29, 0.717) is 4.47 Å². The second-order valence-electron chi connectivity index (χ2n) is 3.88. The smallest absolute Gasteiger partial charge is 0.259 e. The lowest BCUT2D eigenvalue weighted by Gasteiger charge is -2.09. The normalized spacial score (nSPS) is 10.2. The minimum absolute atomic E-state index is 0.0378. The van der Waals surface area contributed by atoms with Crippen LogP contribution < -0.4 is 10.6 Å². The molecule has 4 nitrogen and oxygen atoms in total. The van der Waals surface area contributed by atoms with Gasteiger partial charge in [-0.15, -0.1) is 0 Å². The Morgan fingerprint density at radius 1 is 1.30 bits per heavy atom. The maximum atomic E-state index is 13.4. The van der Waals surface area contributed by atoms with E-state index in [1.807, 2.05) is 0 Å². The second-order valence-corrected chi connectivity index (χ2v) is 4.74. The Hall–Kier alpha value is -2.02. The van der Waals surface area contributed by atoms with Crippen molar-refractivity contribution < 1.29 is 13.6 Å². The first-order valence-electron chi connectivity index (χ1n) is 5.61. The van der Waals surface area contributed by atoms with Gasteiger partial charge in [-0.05, 0) is 40.2 Å². The molecule has 0 spiro atoms. The van der Waals surface area contributed by atoms with Crippen LogP contribution in [0.1, 0.15) is 10.4 Å². The molecule has 2 N–H and O–H groups in total. The summed E-state index contributed by atoms with van der Waals surface area (Å²) in [5.74, 6) is -1.48. The van der Waals surface area contributed by atoms with Crippen molar-refractivity contribution in [3.8, 4) is 0 Å². The molecule has 1 heterocycles. The molecule has 7 heteroatoms. The van der Waals surface area contributed by atoms with E-state index in [2.05, 4.69) is 31.5 Å². The summed E-state index contributed by atoms with van der Waals surface area (Å²) in [5, 5.41) is 5.17. The van der Waals surface area contributed by atoms with Gasteiger partial charge < -0.3 is 10.6 Å². The van der Waals surface area contributed by atoms with Gasteiger partial charge in [0.05, 0.1) is 16.2 Å². The van der Waals surface area contributed by atoms with Gasteiger partial charge in [-0.25, -0.2) is 13.8 Å². The molecule has 0 bridgehead atoms. The molecule has 20 heavy (non-hydrogen) atoms. The van der Waals surface area contributed by atoms with Crippen LogP contribution in [0.5, 0.6) is 0 Å². The van der Waals surface area contributed by atoms with Crippen LogP contribution in [0.4, 0.5) is 20.3 Å². The number of anilines is 2. The van der Waals surface area contributed by atoms with Crippen LogP contribution >= 0.6 is 15.9 Å². The molecule has 0 unspecified atom stereocenters. The van der Waals surface area contributed by atoms with Gasteiger partial charge in [0.15, 0.2) is 0 Å². The van der Waals surface area contributed by atoms with Crippen molar-refractivity contribution >= 4 is 33.3 Å². The van der Waals surface area contributed by atoms with Crippen LogP contribution in [-0.2, 0) is 0 Å². The first kappa shape index (κ1) is 14.4. The lowest BCUT2D eigenvalue weighted by atomic mass is 10.2. The molecule has 1 aromatic heterocycles. The first-order chi connectivity index (χ1) is 9.51. The van der Waals surface area contributed by atoms with Crippen molar-refractivity contribution in [2.75, 3.05) is 17.7 Å². The highest BCUT2D eigenvalue weighted by Gasteiger charge is 2.14. The third-order valence-corrected chi connectivity index (χ3v) is 3.16. The monoisotopic (exact) mass is 341 g/mol. The summed E-state index contributed by atoms with van der Waals surface area (Å²) in [6.07, 6.45) is 1.00. The molecule has 2 aromatic rings. The number of carbonyl (C=O) groups is 1. The van der Waals surface area contributed by atoms with Crippen molar-refractivity contribution in [2.45, 2.75) is 0 Å². The highest BCUT2D eigenvalue weighted by molar-refractivity contribution is 9.10. The summed E-state index contributed by atoms with van der Waals surface area (Å²) in [6.45, 7) is 0. The maximum absolute atomic E-state index is 13.4. The molecular weight excluding hydrogens is 332 g/mol. The van der Waals surface area contributed by atoms with Gasteiger partial charge in [0.25, 0.3) is 5.91 Å². The Labute approximate surface area is 122 Å². The van der Waals surface area contributed by atoms with Gasteiger partial charge in [-0.2, -0.15) is 0 Å². The van der Waals surface area contributed by atoms with Gasteiger partial charge >= 0.3 is 0 Å². The van der Waals surface area contributed by atoms with E-state index in [-0.39, 0.29) is 17.1 Å². The predicted molar refractivity (Wildman–Crippen MR) is 75.8 cm³/mol. The van der Waals surface area contributed by atoms with Gasteiger partial charge in [-0.3, -0.25) is 4.79 Å². The zero-order valence-corrected chi connectivity index (χ0v) is 12.0. The molecule has 0 radical (unpaired) electrons. The van der Waals surface area contributed by atoms with Crippen LogP contribution in [0.25, 0.3) is 0 Å². The van der Waals surface area contributed by atoms with Crippen molar-refractivity contribution in [1.29, 1.82) is 0 Å². The predicted octanol–water partition coefficient (Wildman–Crippen LogP) is 3.42. The van der Waals surface area contributed by atoms with Crippen molar-refractivity contribution in [3.05, 3.63) is 52.1 Å². The fourth-order valence-electron chi connectivity index (χ4n) is 1.58. The first-order valence-corrected chi connectivity index (χ1v) is 6.40. The van der Waals surface area contributed by atoms with Gasteiger partial charge in [0.2, 0.25) is 0 Å². The van der Waals surface area contributed by atoms with E-state index in [4.69, 9.17) is 0 Å². The van der Waals surface area contributed by atoms with Gasteiger partial charge in [0.1, 0.15) is 17.5 Å². The van der Waals surface area contributed by atoms with Gasteiger partial charge in [-0.1, -0.05) is 0 Å². The van der Waals surface area contributed by atoms with E-state index in [0.717, 1.165) is 18.3 Å². The fourth-order valence-corrected chi connectivity index (χ4v) is 1.83. The van der Waals surface area contributed by atoms with Crippen LogP contribution in [-0.4, -0.2) is 17.9 Å². The SMILES string of the molecule is CNc1ncc(F)cc1C(=O)Nc1ccc(Br)c(F)c1. The average Bonchev–Trinajstić information content (AvgIpc) is 2.43. The minimum Gasteiger partial charge on any atom is -0.372 e. The molecular formula is C13H10BrF2N3O. The number of halogens is 3. The molecule has 0 aliphatic rings. The van der Waals surface area contributed by atoms with E-state index < -0.39 is 17.5 Å².